The topological polar surface area (TPSA) is 124 Å². The number of hydrogen-bond donors (Lipinski definition) is 1. The fourth-order valence-corrected chi connectivity index (χ4v) is 5.58. The van der Waals surface area contributed by atoms with Crippen molar-refractivity contribution in [3.8, 4) is 34.4 Å². The lowest BCUT2D eigenvalue weighted by Gasteiger charge is -2.42. The Hall–Kier alpha value is -5.32. The molecule has 6 heterocycles. The van der Waals surface area contributed by atoms with Crippen LogP contribution >= 0.6 is 0 Å². The van der Waals surface area contributed by atoms with E-state index in [0.29, 0.717) is 45.8 Å². The van der Waals surface area contributed by atoms with E-state index >= 15 is 0 Å². The number of pyridine rings is 1. The Kier molecular flexibility index (Phi) is 6.46. The molecule has 1 N–H and O–H groups in total. The number of nitrogens with one attached hydrogen (secondary N) is 1. The number of ether oxygens (including phenoxy) is 3. The summed E-state index contributed by atoms with van der Waals surface area (Å²) in [6, 6.07) is 16.8. The van der Waals surface area contributed by atoms with Crippen molar-refractivity contribution in [3.05, 3.63) is 78.6 Å². The first-order valence-electron chi connectivity index (χ1n) is 13.7. The molecule has 0 spiro atoms. The SMILES string of the molecule is COc1cc2ncnc(Oc3ccc(NC(=O)c4nc(-c5ccccc5)c5c(n4)C4CCN5CC4)nc3)c2cc1OC. The summed E-state index contributed by atoms with van der Waals surface area (Å²) in [5, 5.41) is 3.49. The van der Waals surface area contributed by atoms with Gasteiger partial charge in [0.25, 0.3) is 5.91 Å². The van der Waals surface area contributed by atoms with Crippen molar-refractivity contribution >= 4 is 28.3 Å². The molecule has 42 heavy (non-hydrogen) atoms. The van der Waals surface area contributed by atoms with Gasteiger partial charge in [0.15, 0.2) is 11.5 Å². The highest BCUT2D eigenvalue weighted by atomic mass is 16.5. The highest BCUT2D eigenvalue weighted by Gasteiger charge is 2.36. The quantitative estimate of drug-likeness (QED) is 0.282. The van der Waals surface area contributed by atoms with Gasteiger partial charge in [-0.3, -0.25) is 4.79 Å². The lowest BCUT2D eigenvalue weighted by Crippen LogP contribution is -2.40. The molecule has 3 aromatic heterocycles. The fourth-order valence-electron chi connectivity index (χ4n) is 5.58. The van der Waals surface area contributed by atoms with Gasteiger partial charge in [0, 0.05) is 30.6 Å². The van der Waals surface area contributed by atoms with Crippen LogP contribution in [0.25, 0.3) is 22.2 Å². The maximum absolute atomic E-state index is 13.4. The molecule has 210 valence electrons. The van der Waals surface area contributed by atoms with Crippen LogP contribution in [-0.4, -0.2) is 58.1 Å². The number of benzene rings is 2. The van der Waals surface area contributed by atoms with Gasteiger partial charge in [-0.25, -0.2) is 24.9 Å². The van der Waals surface area contributed by atoms with Crippen LogP contribution < -0.4 is 24.4 Å². The zero-order chi connectivity index (χ0) is 28.6. The fraction of sp³-hybridized carbons (Fsp3) is 0.226. The van der Waals surface area contributed by atoms with Crippen molar-refractivity contribution in [2.45, 2.75) is 18.8 Å². The van der Waals surface area contributed by atoms with E-state index in [4.69, 9.17) is 24.2 Å². The Morgan fingerprint density at radius 3 is 2.45 bits per heavy atom. The maximum Gasteiger partial charge on any atom is 0.294 e. The lowest BCUT2D eigenvalue weighted by molar-refractivity contribution is 0.101. The van der Waals surface area contributed by atoms with Gasteiger partial charge in [0.2, 0.25) is 11.7 Å². The first-order valence-corrected chi connectivity index (χ1v) is 13.7. The Morgan fingerprint density at radius 1 is 0.929 bits per heavy atom. The molecular weight excluding hydrogens is 534 g/mol. The zero-order valence-electron chi connectivity index (χ0n) is 23.1. The number of methoxy groups -OCH3 is 2. The van der Waals surface area contributed by atoms with E-state index < -0.39 is 5.91 Å². The molecule has 2 aromatic carbocycles. The third kappa shape index (κ3) is 4.58. The Morgan fingerprint density at radius 2 is 1.71 bits per heavy atom. The van der Waals surface area contributed by atoms with Crippen LogP contribution in [0.1, 0.15) is 35.1 Å². The molecule has 11 nitrogen and oxygen atoms in total. The molecule has 0 radical (unpaired) electrons. The smallest absolute Gasteiger partial charge is 0.294 e. The average Bonchev–Trinajstić information content (AvgIpc) is 3.05. The van der Waals surface area contributed by atoms with Crippen molar-refractivity contribution in [1.82, 2.24) is 24.9 Å². The second-order valence-corrected chi connectivity index (χ2v) is 10.1. The second-order valence-electron chi connectivity index (χ2n) is 10.1. The number of hydrogen-bond acceptors (Lipinski definition) is 10. The van der Waals surface area contributed by atoms with E-state index in [2.05, 4.69) is 25.2 Å². The minimum absolute atomic E-state index is 0.125. The zero-order valence-corrected chi connectivity index (χ0v) is 23.1. The van der Waals surface area contributed by atoms with Crippen molar-refractivity contribution in [2.24, 2.45) is 0 Å². The molecule has 1 fully saturated rings. The van der Waals surface area contributed by atoms with Gasteiger partial charge >= 0.3 is 0 Å². The molecule has 0 atom stereocenters. The number of carbonyl (C=O) groups is 1. The van der Waals surface area contributed by atoms with Gasteiger partial charge < -0.3 is 24.4 Å². The monoisotopic (exact) mass is 561 g/mol. The molecule has 0 saturated carbocycles. The standard InChI is InChI=1S/C31H27N7O4/c1-40-23-14-21-22(15-24(23)41-2)33-17-34-31(21)42-20-8-9-25(32-16-20)35-30(39)29-36-26(18-6-4-3-5-7-18)28-27(37-29)19-10-12-38(28)13-11-19/h3-9,14-17,19H,10-13H2,1-2H3,(H,32,35,39). The van der Waals surface area contributed by atoms with E-state index in [-0.39, 0.29) is 5.82 Å². The maximum atomic E-state index is 13.4. The van der Waals surface area contributed by atoms with Crippen LogP contribution in [0.15, 0.2) is 67.1 Å². The lowest BCUT2D eigenvalue weighted by atomic mass is 9.85. The highest BCUT2D eigenvalue weighted by molar-refractivity contribution is 6.02. The Bertz CT molecular complexity index is 1790. The van der Waals surface area contributed by atoms with Gasteiger partial charge in [0.05, 0.1) is 48.4 Å². The minimum atomic E-state index is -0.421. The summed E-state index contributed by atoms with van der Waals surface area (Å²) in [7, 11) is 3.13. The van der Waals surface area contributed by atoms with Crippen LogP contribution in [0.5, 0.6) is 23.1 Å². The summed E-state index contributed by atoms with van der Waals surface area (Å²) < 4.78 is 16.8. The van der Waals surface area contributed by atoms with Gasteiger partial charge in [-0.15, -0.1) is 0 Å². The molecule has 8 rings (SSSR count). The summed E-state index contributed by atoms with van der Waals surface area (Å²) in [5.41, 5.74) is 4.39. The Balaban J connectivity index is 1.14. The predicted molar refractivity (Wildman–Crippen MR) is 157 cm³/mol. The van der Waals surface area contributed by atoms with Gasteiger partial charge in [-0.05, 0) is 31.0 Å². The van der Waals surface area contributed by atoms with E-state index in [0.717, 1.165) is 48.6 Å². The predicted octanol–water partition coefficient (Wildman–Crippen LogP) is 5.24. The number of amides is 1. The molecule has 0 aliphatic carbocycles. The second kappa shape index (κ2) is 10.6. The number of carbonyl (C=O) groups excluding carboxylic acids is 1. The molecule has 2 bridgehead atoms. The number of anilines is 2. The molecule has 3 aliphatic heterocycles. The number of piperidine rings is 1. The number of nitrogens with zero attached hydrogens (tertiary/aromatic N) is 6. The Labute approximate surface area is 241 Å². The molecule has 11 heteroatoms. The van der Waals surface area contributed by atoms with Crippen LogP contribution in [0.3, 0.4) is 0 Å². The normalized spacial score (nSPS) is 14.0. The van der Waals surface area contributed by atoms with Crippen molar-refractivity contribution in [3.63, 3.8) is 0 Å². The summed E-state index contributed by atoms with van der Waals surface area (Å²) >= 11 is 0. The number of rotatable bonds is 7. The average molecular weight is 562 g/mol. The molecule has 1 saturated heterocycles. The van der Waals surface area contributed by atoms with Gasteiger partial charge in [0.1, 0.15) is 17.9 Å². The minimum Gasteiger partial charge on any atom is -0.493 e. The van der Waals surface area contributed by atoms with Crippen LogP contribution in [0.2, 0.25) is 0 Å². The molecular formula is C31H27N7O4. The third-order valence-corrected chi connectivity index (χ3v) is 7.66. The summed E-state index contributed by atoms with van der Waals surface area (Å²) in [4.78, 5) is 38.2. The van der Waals surface area contributed by atoms with Crippen molar-refractivity contribution in [1.29, 1.82) is 0 Å². The largest absolute Gasteiger partial charge is 0.493 e. The summed E-state index contributed by atoms with van der Waals surface area (Å²) in [6.45, 7) is 1.97. The van der Waals surface area contributed by atoms with E-state index in [9.17, 15) is 4.79 Å². The summed E-state index contributed by atoms with van der Waals surface area (Å²) in [6.07, 6.45) is 4.99. The van der Waals surface area contributed by atoms with E-state index in [1.807, 2.05) is 30.3 Å². The first kappa shape index (κ1) is 25.6. The van der Waals surface area contributed by atoms with Crippen molar-refractivity contribution in [2.75, 3.05) is 37.5 Å². The number of fused-ring (bicyclic) bond motifs is 3. The van der Waals surface area contributed by atoms with Crippen LogP contribution in [0.4, 0.5) is 11.5 Å². The highest BCUT2D eigenvalue weighted by Crippen LogP contribution is 2.45. The number of aromatic nitrogens is 5. The van der Waals surface area contributed by atoms with Gasteiger partial charge in [-0.2, -0.15) is 0 Å². The molecule has 1 amide bonds. The van der Waals surface area contributed by atoms with Crippen molar-refractivity contribution < 1.29 is 19.0 Å². The molecule has 3 aliphatic rings. The van der Waals surface area contributed by atoms with Crippen LogP contribution in [-0.2, 0) is 0 Å². The third-order valence-electron chi connectivity index (χ3n) is 7.66. The van der Waals surface area contributed by atoms with E-state index in [1.54, 1.807) is 38.5 Å². The van der Waals surface area contributed by atoms with Gasteiger partial charge in [-0.1, -0.05) is 30.3 Å². The summed E-state index contributed by atoms with van der Waals surface area (Å²) in [5.74, 6) is 2.24. The first-order chi connectivity index (χ1) is 20.6. The van der Waals surface area contributed by atoms with E-state index in [1.165, 1.54) is 12.5 Å². The van der Waals surface area contributed by atoms with Crippen LogP contribution in [0, 0.1) is 0 Å². The molecule has 0 unspecified atom stereocenters. The molecule has 5 aromatic rings.